The molecule has 0 unspecified atom stereocenters. The summed E-state index contributed by atoms with van der Waals surface area (Å²) in [4.78, 5) is 2.41. The van der Waals surface area contributed by atoms with E-state index in [4.69, 9.17) is 10.00 Å². The molecule has 130 valence electrons. The van der Waals surface area contributed by atoms with E-state index in [2.05, 4.69) is 45.4 Å². The number of hydrogen-bond acceptors (Lipinski definition) is 5. The third-order valence-corrected chi connectivity index (χ3v) is 4.77. The van der Waals surface area contributed by atoms with Crippen LogP contribution in [0.4, 0.5) is 0 Å². The van der Waals surface area contributed by atoms with E-state index < -0.39 is 0 Å². The number of nitriles is 1. The highest BCUT2D eigenvalue weighted by atomic mass is 16.5. The van der Waals surface area contributed by atoms with Gasteiger partial charge in [0.15, 0.2) is 0 Å². The molecule has 2 heterocycles. The van der Waals surface area contributed by atoms with Crippen LogP contribution in [0, 0.1) is 11.3 Å². The molecule has 26 heavy (non-hydrogen) atoms. The molecule has 0 spiro atoms. The molecule has 3 aromatic rings. The van der Waals surface area contributed by atoms with Crippen LogP contribution in [0.1, 0.15) is 11.3 Å². The van der Waals surface area contributed by atoms with Crippen molar-refractivity contribution in [2.45, 2.75) is 6.42 Å². The summed E-state index contributed by atoms with van der Waals surface area (Å²) >= 11 is 0. The van der Waals surface area contributed by atoms with Crippen LogP contribution >= 0.6 is 0 Å². The van der Waals surface area contributed by atoms with Crippen LogP contribution in [0.3, 0.4) is 0 Å². The smallest absolute Gasteiger partial charge is 0.0991 e. The number of hydrogen-bond donors (Lipinski definition) is 0. The van der Waals surface area contributed by atoms with Gasteiger partial charge in [-0.25, -0.2) is 0 Å². The van der Waals surface area contributed by atoms with E-state index in [-0.39, 0.29) is 0 Å². The van der Waals surface area contributed by atoms with Crippen molar-refractivity contribution >= 4 is 10.9 Å². The summed E-state index contributed by atoms with van der Waals surface area (Å²) in [5.74, 6) is 0. The molecular formula is C21H20N4O. The first kappa shape index (κ1) is 16.6. The molecule has 4 rings (SSSR count). The van der Waals surface area contributed by atoms with Crippen LogP contribution < -0.4 is 0 Å². The first-order chi connectivity index (χ1) is 12.8. The number of rotatable bonds is 4. The summed E-state index contributed by atoms with van der Waals surface area (Å²) < 4.78 is 5.38. The van der Waals surface area contributed by atoms with Crippen molar-refractivity contribution in [2.24, 2.45) is 0 Å². The van der Waals surface area contributed by atoms with Crippen LogP contribution in [0.25, 0.3) is 22.0 Å². The Balaban J connectivity index is 1.51. The molecule has 0 radical (unpaired) electrons. The van der Waals surface area contributed by atoms with Gasteiger partial charge in [-0.15, -0.1) is 0 Å². The van der Waals surface area contributed by atoms with Crippen molar-refractivity contribution < 1.29 is 4.74 Å². The van der Waals surface area contributed by atoms with E-state index in [9.17, 15) is 0 Å². The van der Waals surface area contributed by atoms with Crippen LogP contribution in [0.15, 0.2) is 48.5 Å². The molecule has 1 fully saturated rings. The molecule has 5 nitrogen and oxygen atoms in total. The van der Waals surface area contributed by atoms with E-state index in [0.717, 1.165) is 67.0 Å². The molecule has 1 aliphatic rings. The Bertz CT molecular complexity index is 940. The highest BCUT2D eigenvalue weighted by molar-refractivity contribution is 5.84. The molecule has 0 bridgehead atoms. The lowest BCUT2D eigenvalue weighted by molar-refractivity contribution is 0.0383. The number of morpholine rings is 1. The quantitative estimate of drug-likeness (QED) is 0.728. The molecule has 0 aliphatic carbocycles. The Morgan fingerprint density at radius 3 is 2.50 bits per heavy atom. The maximum absolute atomic E-state index is 8.92. The van der Waals surface area contributed by atoms with Crippen LogP contribution in [0.2, 0.25) is 0 Å². The third kappa shape index (κ3) is 3.72. The number of nitrogens with zero attached hydrogens (tertiary/aromatic N) is 4. The first-order valence-electron chi connectivity index (χ1n) is 8.89. The summed E-state index contributed by atoms with van der Waals surface area (Å²) in [6, 6.07) is 18.1. The number of fused-ring (bicyclic) bond motifs is 1. The Labute approximate surface area is 152 Å². The van der Waals surface area contributed by atoms with Crippen molar-refractivity contribution in [3.63, 3.8) is 0 Å². The maximum Gasteiger partial charge on any atom is 0.0991 e. The first-order valence-corrected chi connectivity index (χ1v) is 8.89. The summed E-state index contributed by atoms with van der Waals surface area (Å²) in [5, 5.41) is 18.8. The largest absolute Gasteiger partial charge is 0.379 e. The molecule has 1 aromatic heterocycles. The van der Waals surface area contributed by atoms with Crippen molar-refractivity contribution in [1.82, 2.24) is 15.1 Å². The van der Waals surface area contributed by atoms with Gasteiger partial charge in [-0.1, -0.05) is 24.3 Å². The van der Waals surface area contributed by atoms with E-state index in [0.29, 0.717) is 5.56 Å². The molecule has 0 amide bonds. The fraction of sp³-hybridized carbons (Fsp3) is 0.286. The molecule has 1 aliphatic heterocycles. The molecule has 0 N–H and O–H groups in total. The van der Waals surface area contributed by atoms with Gasteiger partial charge in [0.25, 0.3) is 0 Å². The fourth-order valence-corrected chi connectivity index (χ4v) is 3.22. The zero-order valence-corrected chi connectivity index (χ0v) is 14.6. The standard InChI is InChI=1S/C21H20N4O/c22-15-16-1-3-17(4-2-16)18-5-6-19-13-20(23-24-21(19)14-18)7-8-25-9-11-26-12-10-25/h1-6,13-14H,7-12H2. The van der Waals surface area contributed by atoms with Gasteiger partial charge in [0, 0.05) is 31.4 Å². The molecular weight excluding hydrogens is 324 g/mol. The lowest BCUT2D eigenvalue weighted by Crippen LogP contribution is -2.37. The van der Waals surface area contributed by atoms with E-state index in [1.807, 2.05) is 24.3 Å². The number of benzene rings is 2. The monoisotopic (exact) mass is 344 g/mol. The van der Waals surface area contributed by atoms with Gasteiger partial charge in [-0.05, 0) is 35.4 Å². The van der Waals surface area contributed by atoms with Crippen LogP contribution in [-0.2, 0) is 11.2 Å². The third-order valence-electron chi connectivity index (χ3n) is 4.77. The summed E-state index contributed by atoms with van der Waals surface area (Å²) in [6.07, 6.45) is 0.903. The highest BCUT2D eigenvalue weighted by Gasteiger charge is 2.11. The van der Waals surface area contributed by atoms with Crippen molar-refractivity contribution in [3.8, 4) is 17.2 Å². The second-order valence-corrected chi connectivity index (χ2v) is 6.50. The topological polar surface area (TPSA) is 62.0 Å². The van der Waals surface area contributed by atoms with Crippen molar-refractivity contribution in [3.05, 3.63) is 59.8 Å². The molecule has 0 saturated carbocycles. The minimum atomic E-state index is 0.666. The number of aromatic nitrogens is 2. The van der Waals surface area contributed by atoms with Crippen molar-refractivity contribution in [1.29, 1.82) is 5.26 Å². The summed E-state index contributed by atoms with van der Waals surface area (Å²) in [5.41, 5.74) is 4.73. The second-order valence-electron chi connectivity index (χ2n) is 6.50. The van der Waals surface area contributed by atoms with E-state index in [1.165, 1.54) is 0 Å². The Morgan fingerprint density at radius 2 is 1.73 bits per heavy atom. The van der Waals surface area contributed by atoms with Gasteiger partial charge in [-0.2, -0.15) is 15.5 Å². The van der Waals surface area contributed by atoms with Crippen LogP contribution in [0.5, 0.6) is 0 Å². The Morgan fingerprint density at radius 1 is 0.962 bits per heavy atom. The zero-order chi connectivity index (χ0) is 17.8. The zero-order valence-electron chi connectivity index (χ0n) is 14.6. The lowest BCUT2D eigenvalue weighted by Gasteiger charge is -2.26. The molecule has 2 aromatic carbocycles. The SMILES string of the molecule is N#Cc1ccc(-c2ccc3cc(CCN4CCOCC4)nnc3c2)cc1. The van der Waals surface area contributed by atoms with E-state index in [1.54, 1.807) is 0 Å². The van der Waals surface area contributed by atoms with Gasteiger partial charge in [0.1, 0.15) is 0 Å². The minimum absolute atomic E-state index is 0.666. The number of ether oxygens (including phenoxy) is 1. The van der Waals surface area contributed by atoms with Gasteiger partial charge >= 0.3 is 0 Å². The predicted octanol–water partition coefficient (Wildman–Crippen LogP) is 3.04. The predicted molar refractivity (Wildman–Crippen MR) is 101 cm³/mol. The van der Waals surface area contributed by atoms with Crippen LogP contribution in [-0.4, -0.2) is 47.9 Å². The average molecular weight is 344 g/mol. The Hall–Kier alpha value is -2.81. The van der Waals surface area contributed by atoms with Gasteiger partial charge < -0.3 is 4.74 Å². The normalized spacial score (nSPS) is 15.0. The van der Waals surface area contributed by atoms with Gasteiger partial charge in [0.05, 0.1) is 36.1 Å². The highest BCUT2D eigenvalue weighted by Crippen LogP contribution is 2.24. The second kappa shape index (κ2) is 7.61. The van der Waals surface area contributed by atoms with Gasteiger partial charge in [-0.3, -0.25) is 4.90 Å². The average Bonchev–Trinajstić information content (AvgIpc) is 2.72. The molecule has 5 heteroatoms. The lowest BCUT2D eigenvalue weighted by atomic mass is 10.0. The van der Waals surface area contributed by atoms with E-state index >= 15 is 0 Å². The fourth-order valence-electron chi connectivity index (χ4n) is 3.22. The molecule has 1 saturated heterocycles. The molecule has 0 atom stereocenters. The maximum atomic E-state index is 8.92. The minimum Gasteiger partial charge on any atom is -0.379 e. The van der Waals surface area contributed by atoms with Crippen molar-refractivity contribution in [2.75, 3.05) is 32.8 Å². The van der Waals surface area contributed by atoms with Gasteiger partial charge in [0.2, 0.25) is 0 Å². The summed E-state index contributed by atoms with van der Waals surface area (Å²) in [6.45, 7) is 4.62. The summed E-state index contributed by atoms with van der Waals surface area (Å²) in [7, 11) is 0. The Kier molecular flexibility index (Phi) is 4.87.